The molecule has 270 valence electrons. The van der Waals surface area contributed by atoms with Gasteiger partial charge in [0.05, 0.1) is 23.7 Å². The zero-order valence-electron chi connectivity index (χ0n) is 29.6. The van der Waals surface area contributed by atoms with E-state index in [9.17, 15) is 28.2 Å². The van der Waals surface area contributed by atoms with E-state index < -0.39 is 40.1 Å². The summed E-state index contributed by atoms with van der Waals surface area (Å²) in [4.78, 5) is 62.3. The van der Waals surface area contributed by atoms with Crippen LogP contribution in [0.2, 0.25) is 0 Å². The highest BCUT2D eigenvalue weighted by Gasteiger charge is 2.39. The fraction of sp³-hybridized carbons (Fsp3) is 0.750. The number of hydrogen-bond acceptors (Lipinski definition) is 7. The van der Waals surface area contributed by atoms with Crippen molar-refractivity contribution in [2.24, 2.45) is 5.92 Å². The van der Waals surface area contributed by atoms with Crippen molar-refractivity contribution in [2.75, 3.05) is 25.9 Å². The molecule has 1 aliphatic heterocycles. The second kappa shape index (κ2) is 20.5. The van der Waals surface area contributed by atoms with Crippen molar-refractivity contribution in [1.82, 2.24) is 26.2 Å². The number of hydrogen-bond donors (Lipinski definition) is 4. The summed E-state index contributed by atoms with van der Waals surface area (Å²) in [5.74, 6) is 1.52. The zero-order chi connectivity index (χ0) is 35.7. The summed E-state index contributed by atoms with van der Waals surface area (Å²) >= 11 is 0. The zero-order valence-corrected chi connectivity index (χ0v) is 30.4. The van der Waals surface area contributed by atoms with E-state index in [0.717, 1.165) is 83.5 Å². The molecule has 3 rings (SSSR count). The average molecular weight is 690 g/mol. The van der Waals surface area contributed by atoms with Crippen molar-refractivity contribution in [3.63, 3.8) is 0 Å². The Labute approximate surface area is 290 Å². The normalized spacial score (nSPS) is 21.5. The van der Waals surface area contributed by atoms with E-state index in [1.54, 1.807) is 0 Å². The van der Waals surface area contributed by atoms with Crippen LogP contribution in [0.1, 0.15) is 111 Å². The Balaban J connectivity index is 0.000000339. The van der Waals surface area contributed by atoms with E-state index in [1.165, 1.54) is 12.5 Å². The van der Waals surface area contributed by atoms with Crippen LogP contribution in [0.4, 0.5) is 4.79 Å². The van der Waals surface area contributed by atoms with Crippen LogP contribution < -0.4 is 21.3 Å². The van der Waals surface area contributed by atoms with E-state index in [4.69, 9.17) is 6.42 Å². The Hall–Kier alpha value is -3.04. The molecule has 4 amide bonds. The Bertz CT molecular complexity index is 1170. The molecule has 4 atom stereocenters. The van der Waals surface area contributed by atoms with E-state index in [0.29, 0.717) is 12.2 Å². The second-order valence-electron chi connectivity index (χ2n) is 14.4. The predicted molar refractivity (Wildman–Crippen MR) is 191 cm³/mol. The number of likely N-dealkylation sites (N-methyl/N-ethyl adjacent to an activating group) is 1. The van der Waals surface area contributed by atoms with Crippen LogP contribution >= 0.6 is 0 Å². The molecular weight excluding hydrogens is 630 g/mol. The van der Waals surface area contributed by atoms with E-state index in [2.05, 4.69) is 33.8 Å². The minimum absolute atomic E-state index is 0.200. The molecule has 3 fully saturated rings. The maximum Gasteiger partial charge on any atom is 0.315 e. The first-order valence-electron chi connectivity index (χ1n) is 17.6. The Kier molecular flexibility index (Phi) is 17.5. The van der Waals surface area contributed by atoms with Crippen LogP contribution in [0, 0.1) is 18.3 Å². The maximum absolute atomic E-state index is 12.7. The van der Waals surface area contributed by atoms with Gasteiger partial charge in [0.1, 0.15) is 6.29 Å². The van der Waals surface area contributed by atoms with E-state index in [1.807, 2.05) is 32.7 Å². The fourth-order valence-corrected chi connectivity index (χ4v) is 7.90. The summed E-state index contributed by atoms with van der Waals surface area (Å²) < 4.78 is 12.4. The molecule has 3 aliphatic rings. The molecule has 12 heteroatoms. The van der Waals surface area contributed by atoms with Gasteiger partial charge in [-0.15, -0.1) is 18.9 Å². The number of nitrogens with zero attached hydrogens (tertiary/aromatic N) is 1. The van der Waals surface area contributed by atoms with Gasteiger partial charge >= 0.3 is 6.03 Å². The smallest absolute Gasteiger partial charge is 0.315 e. The van der Waals surface area contributed by atoms with Crippen LogP contribution in [0.15, 0.2) is 12.7 Å². The maximum atomic E-state index is 12.7. The lowest BCUT2D eigenvalue weighted by Crippen LogP contribution is -2.59. The van der Waals surface area contributed by atoms with E-state index >= 15 is 0 Å². The number of likely N-dealkylation sites (tertiary alicyclic amines) is 1. The third kappa shape index (κ3) is 13.5. The van der Waals surface area contributed by atoms with Crippen LogP contribution in [-0.4, -0.2) is 93.3 Å². The van der Waals surface area contributed by atoms with Gasteiger partial charge in [-0.1, -0.05) is 44.6 Å². The highest BCUT2D eigenvalue weighted by atomic mass is 32.2. The molecule has 1 heterocycles. The first kappa shape index (κ1) is 41.1. The van der Waals surface area contributed by atoms with Crippen LogP contribution in [0.25, 0.3) is 0 Å². The van der Waals surface area contributed by atoms with Gasteiger partial charge in [-0.2, -0.15) is 0 Å². The van der Waals surface area contributed by atoms with Gasteiger partial charge in [0.25, 0.3) is 5.91 Å². The summed E-state index contributed by atoms with van der Waals surface area (Å²) in [7, 11) is 0.846. The predicted octanol–water partition coefficient (Wildman–Crippen LogP) is 3.53. The first-order chi connectivity index (χ1) is 22.8. The summed E-state index contributed by atoms with van der Waals surface area (Å²) in [6.45, 7) is 10.4. The van der Waals surface area contributed by atoms with Crippen LogP contribution in [-0.2, 0) is 30.0 Å². The highest BCUT2D eigenvalue weighted by molar-refractivity contribution is 7.86. The molecule has 2 saturated carbocycles. The Morgan fingerprint density at radius 2 is 1.67 bits per heavy atom. The van der Waals surface area contributed by atoms with E-state index in [-0.39, 0.29) is 41.6 Å². The summed E-state index contributed by atoms with van der Waals surface area (Å²) in [5.41, 5.74) is -0.416. The molecule has 0 aromatic rings. The highest BCUT2D eigenvalue weighted by Crippen LogP contribution is 2.31. The largest absolute Gasteiger partial charge is 0.346 e. The molecule has 4 N–H and O–H groups in total. The molecule has 0 radical (unpaired) electrons. The lowest BCUT2D eigenvalue weighted by Gasteiger charge is -2.40. The minimum atomic E-state index is -1.02. The summed E-state index contributed by atoms with van der Waals surface area (Å²) in [6.07, 6.45) is 20.3. The number of nitrogens with one attached hydrogen (secondary N) is 4. The molecule has 0 spiro atoms. The Morgan fingerprint density at radius 3 is 2.21 bits per heavy atom. The number of carbonyl (C=O) groups is 5. The second-order valence-corrected chi connectivity index (χ2v) is 16.6. The van der Waals surface area contributed by atoms with Gasteiger partial charge in [0.15, 0.2) is 0 Å². The average Bonchev–Trinajstić information content (AvgIpc) is 3.50. The monoisotopic (exact) mass is 689 g/mol. The van der Waals surface area contributed by atoms with Crippen molar-refractivity contribution < 1.29 is 28.2 Å². The van der Waals surface area contributed by atoms with Gasteiger partial charge in [-0.3, -0.25) is 23.5 Å². The molecule has 3 unspecified atom stereocenters. The van der Waals surface area contributed by atoms with Crippen molar-refractivity contribution in [2.45, 2.75) is 139 Å². The molecule has 1 saturated heterocycles. The quantitative estimate of drug-likeness (QED) is 0.0942. The standard InChI is InChI=1S/C20H36N2O3S.C16H23N3O3/c1-19(2,3)26(25)15-20(12-8-5-9-13-20)22-18(24)21-17(14-23)16-10-6-4-7-11-16;1-4-6-8-12(14(20)16(22)17-10-5-2)18-15(21)13-9-7-11-19(13)3/h14,16-17H,4-13,15H2,1-3H3,(H2,21,22,24);1,5,12-13H,2,6-11H2,3H3,(H,17,22)(H,18,21)/t;12?,13-/m.0/s1. The van der Waals surface area contributed by atoms with Crippen molar-refractivity contribution in [3.05, 3.63) is 12.7 Å². The molecule has 48 heavy (non-hydrogen) atoms. The number of amides is 4. The summed E-state index contributed by atoms with van der Waals surface area (Å²) in [6, 6.07) is -1.83. The van der Waals surface area contributed by atoms with Crippen molar-refractivity contribution >= 4 is 40.7 Å². The number of terminal acetylenes is 1. The number of carbonyl (C=O) groups excluding carboxylic acids is 5. The number of Topliss-reactive ketones (excluding diaryl/α,β-unsaturated/α-hetero) is 1. The van der Waals surface area contributed by atoms with Crippen LogP contribution in [0.5, 0.6) is 0 Å². The van der Waals surface area contributed by atoms with Gasteiger partial charge in [0, 0.05) is 34.3 Å². The lowest BCUT2D eigenvalue weighted by atomic mass is 9.83. The molecular formula is C36H59N5O6S. The van der Waals surface area contributed by atoms with Gasteiger partial charge in [-0.25, -0.2) is 4.79 Å². The summed E-state index contributed by atoms with van der Waals surface area (Å²) in [5, 5.41) is 11.1. The fourth-order valence-electron chi connectivity index (χ4n) is 6.60. The number of ketones is 1. The molecule has 0 bridgehead atoms. The van der Waals surface area contributed by atoms with Crippen molar-refractivity contribution in [3.8, 4) is 12.3 Å². The lowest BCUT2D eigenvalue weighted by molar-refractivity contribution is -0.140. The van der Waals surface area contributed by atoms with Crippen LogP contribution in [0.3, 0.4) is 0 Å². The third-order valence-electron chi connectivity index (χ3n) is 9.55. The minimum Gasteiger partial charge on any atom is -0.346 e. The third-order valence-corrected chi connectivity index (χ3v) is 11.7. The topological polar surface area (TPSA) is 154 Å². The SMILES string of the molecule is C#CCCC(NC(=O)[C@@H]1CCCN1C)C(=O)C(=O)NCC=C.CC(C)(C)S(=O)CC1(NC(=O)NC(C=O)C2CCCCC2)CCCCC1. The molecule has 11 nitrogen and oxygen atoms in total. The molecule has 0 aromatic heterocycles. The van der Waals surface area contributed by atoms with Gasteiger partial charge in [-0.05, 0) is 85.2 Å². The van der Waals surface area contributed by atoms with Gasteiger partial charge < -0.3 is 26.1 Å². The van der Waals surface area contributed by atoms with Gasteiger partial charge in [0.2, 0.25) is 11.7 Å². The first-order valence-corrected chi connectivity index (χ1v) is 18.9. The number of rotatable bonds is 14. The van der Waals surface area contributed by atoms with Crippen molar-refractivity contribution in [1.29, 1.82) is 0 Å². The number of urea groups is 1. The molecule has 2 aliphatic carbocycles. The molecule has 0 aromatic carbocycles. The number of aldehydes is 1. The Morgan fingerprint density at radius 1 is 1.02 bits per heavy atom.